The second-order valence-corrected chi connectivity index (χ2v) is 3.76. The van der Waals surface area contributed by atoms with Gasteiger partial charge in [-0.3, -0.25) is 0 Å². The summed E-state index contributed by atoms with van der Waals surface area (Å²) in [6, 6.07) is 0. The maximum absolute atomic E-state index is 11.7. The molecular formula is C13H23NO4. The second kappa shape index (κ2) is 9.50. The molecule has 0 aromatic carbocycles. The number of carbonyl (C=O) groups excluding carboxylic acids is 2. The molecule has 0 spiro atoms. The minimum Gasteiger partial charge on any atom is -0.464 e. The molecule has 0 unspecified atom stereocenters. The van der Waals surface area contributed by atoms with Gasteiger partial charge in [0.2, 0.25) is 0 Å². The highest BCUT2D eigenvalue weighted by atomic mass is 16.5. The Bertz CT molecular complexity index is 293. The lowest BCUT2D eigenvalue weighted by atomic mass is 10.2. The predicted octanol–water partition coefficient (Wildman–Crippen LogP) is 1.73. The van der Waals surface area contributed by atoms with Gasteiger partial charge in [0, 0.05) is 13.1 Å². The van der Waals surface area contributed by atoms with Crippen LogP contribution in [0.2, 0.25) is 0 Å². The van der Waals surface area contributed by atoms with Crippen LogP contribution in [0.25, 0.3) is 0 Å². The Labute approximate surface area is 109 Å². The minimum absolute atomic E-state index is 0.264. The third kappa shape index (κ3) is 5.70. The molecule has 0 aliphatic heterocycles. The number of hydrogen-bond donors (Lipinski definition) is 0. The molecule has 18 heavy (non-hydrogen) atoms. The van der Waals surface area contributed by atoms with Crippen LogP contribution in [0.15, 0.2) is 11.8 Å². The van der Waals surface area contributed by atoms with Gasteiger partial charge in [-0.1, -0.05) is 13.8 Å². The molecule has 0 aliphatic carbocycles. The Hall–Kier alpha value is -1.52. The molecule has 0 atom stereocenters. The zero-order chi connectivity index (χ0) is 14.0. The van der Waals surface area contributed by atoms with E-state index in [0.717, 1.165) is 12.8 Å². The zero-order valence-electron chi connectivity index (χ0n) is 11.7. The van der Waals surface area contributed by atoms with Gasteiger partial charge in [-0.15, -0.1) is 0 Å². The molecule has 0 saturated carbocycles. The van der Waals surface area contributed by atoms with Crippen molar-refractivity contribution >= 4 is 11.9 Å². The van der Waals surface area contributed by atoms with Gasteiger partial charge < -0.3 is 14.4 Å². The summed E-state index contributed by atoms with van der Waals surface area (Å²) in [4.78, 5) is 25.0. The summed E-state index contributed by atoms with van der Waals surface area (Å²) in [6.45, 7) is 7.44. The molecular weight excluding hydrogens is 234 g/mol. The van der Waals surface area contributed by atoms with Gasteiger partial charge >= 0.3 is 11.9 Å². The number of methoxy groups -OCH3 is 1. The molecule has 0 N–H and O–H groups in total. The van der Waals surface area contributed by atoms with E-state index in [9.17, 15) is 9.59 Å². The number of rotatable bonds is 8. The Kier molecular flexibility index (Phi) is 8.70. The van der Waals surface area contributed by atoms with Crippen molar-refractivity contribution in [2.45, 2.75) is 33.6 Å². The van der Waals surface area contributed by atoms with Crippen LogP contribution in [0.1, 0.15) is 33.6 Å². The van der Waals surface area contributed by atoms with Crippen LogP contribution >= 0.6 is 0 Å². The first-order chi connectivity index (χ1) is 8.60. The zero-order valence-corrected chi connectivity index (χ0v) is 11.7. The van der Waals surface area contributed by atoms with Crippen LogP contribution in [0.3, 0.4) is 0 Å². The standard InChI is InChI=1S/C13H23NO4/c1-5-8-14(9-6-2)11(13(16)17-4)10-12(15)18-7-3/h10H,5-9H2,1-4H3. The van der Waals surface area contributed by atoms with Gasteiger partial charge in [-0.2, -0.15) is 0 Å². The van der Waals surface area contributed by atoms with Gasteiger partial charge in [0.1, 0.15) is 5.70 Å². The van der Waals surface area contributed by atoms with E-state index in [1.807, 2.05) is 18.7 Å². The van der Waals surface area contributed by atoms with Crippen LogP contribution in [-0.4, -0.2) is 43.6 Å². The van der Waals surface area contributed by atoms with Crippen molar-refractivity contribution < 1.29 is 19.1 Å². The van der Waals surface area contributed by atoms with Crippen molar-refractivity contribution in [2.75, 3.05) is 26.8 Å². The first-order valence-corrected chi connectivity index (χ1v) is 6.32. The third-order valence-electron chi connectivity index (χ3n) is 2.26. The Morgan fingerprint density at radius 1 is 1.11 bits per heavy atom. The fourth-order valence-corrected chi connectivity index (χ4v) is 1.57. The van der Waals surface area contributed by atoms with Crippen molar-refractivity contribution in [2.24, 2.45) is 0 Å². The van der Waals surface area contributed by atoms with E-state index < -0.39 is 11.9 Å². The highest BCUT2D eigenvalue weighted by Crippen LogP contribution is 2.09. The first kappa shape index (κ1) is 16.5. The van der Waals surface area contributed by atoms with Crippen molar-refractivity contribution in [3.05, 3.63) is 11.8 Å². The molecule has 0 rings (SSSR count). The fourth-order valence-electron chi connectivity index (χ4n) is 1.57. The molecule has 0 aromatic rings. The highest BCUT2D eigenvalue weighted by molar-refractivity contribution is 5.95. The minimum atomic E-state index is -0.518. The van der Waals surface area contributed by atoms with E-state index in [1.165, 1.54) is 13.2 Å². The molecule has 0 fully saturated rings. The van der Waals surface area contributed by atoms with Gasteiger partial charge in [-0.05, 0) is 19.8 Å². The molecule has 0 bridgehead atoms. The van der Waals surface area contributed by atoms with Crippen LogP contribution in [0.5, 0.6) is 0 Å². The highest BCUT2D eigenvalue weighted by Gasteiger charge is 2.19. The van der Waals surface area contributed by atoms with Crippen molar-refractivity contribution in [1.29, 1.82) is 0 Å². The van der Waals surface area contributed by atoms with E-state index in [2.05, 4.69) is 0 Å². The topological polar surface area (TPSA) is 55.8 Å². The maximum atomic E-state index is 11.7. The summed E-state index contributed by atoms with van der Waals surface area (Å²) in [5.74, 6) is -1.03. The average Bonchev–Trinajstić information content (AvgIpc) is 2.35. The lowest BCUT2D eigenvalue weighted by Gasteiger charge is -2.24. The maximum Gasteiger partial charge on any atom is 0.354 e. The lowest BCUT2D eigenvalue weighted by Crippen LogP contribution is -2.30. The van der Waals surface area contributed by atoms with Crippen LogP contribution in [-0.2, 0) is 19.1 Å². The SMILES string of the molecule is CCCN(CCC)C(=CC(=O)OCC)C(=O)OC. The summed E-state index contributed by atoms with van der Waals surface area (Å²) < 4.78 is 9.53. The first-order valence-electron chi connectivity index (χ1n) is 6.32. The van der Waals surface area contributed by atoms with Crippen molar-refractivity contribution in [3.8, 4) is 0 Å². The van der Waals surface area contributed by atoms with E-state index >= 15 is 0 Å². The molecule has 0 aliphatic rings. The molecule has 0 aromatic heterocycles. The fraction of sp³-hybridized carbons (Fsp3) is 0.692. The third-order valence-corrected chi connectivity index (χ3v) is 2.26. The number of esters is 2. The van der Waals surface area contributed by atoms with Gasteiger partial charge in [0.05, 0.1) is 19.8 Å². The van der Waals surface area contributed by atoms with E-state index in [1.54, 1.807) is 6.92 Å². The summed E-state index contributed by atoms with van der Waals surface area (Å²) in [5.41, 5.74) is 0.264. The molecule has 0 saturated heterocycles. The van der Waals surface area contributed by atoms with Crippen molar-refractivity contribution in [1.82, 2.24) is 4.90 Å². The van der Waals surface area contributed by atoms with Gasteiger partial charge in [0.25, 0.3) is 0 Å². The summed E-state index contributed by atoms with van der Waals surface area (Å²) in [6.07, 6.45) is 2.98. The molecule has 0 radical (unpaired) electrons. The molecule has 0 heterocycles. The van der Waals surface area contributed by atoms with E-state index in [-0.39, 0.29) is 12.3 Å². The summed E-state index contributed by atoms with van der Waals surface area (Å²) in [7, 11) is 1.30. The monoisotopic (exact) mass is 257 g/mol. The Balaban J connectivity index is 5.04. The predicted molar refractivity (Wildman–Crippen MR) is 68.9 cm³/mol. The van der Waals surface area contributed by atoms with E-state index in [4.69, 9.17) is 9.47 Å². The molecule has 0 amide bonds. The van der Waals surface area contributed by atoms with E-state index in [0.29, 0.717) is 13.1 Å². The normalized spacial score (nSPS) is 11.0. The lowest BCUT2D eigenvalue weighted by molar-refractivity contribution is -0.141. The molecule has 5 nitrogen and oxygen atoms in total. The molecule has 5 heteroatoms. The van der Waals surface area contributed by atoms with Crippen molar-refractivity contribution in [3.63, 3.8) is 0 Å². The summed E-state index contributed by atoms with van der Waals surface area (Å²) in [5, 5.41) is 0. The quantitative estimate of drug-likeness (QED) is 0.489. The Morgan fingerprint density at radius 2 is 1.67 bits per heavy atom. The largest absolute Gasteiger partial charge is 0.464 e. The smallest absolute Gasteiger partial charge is 0.354 e. The molecule has 104 valence electrons. The Morgan fingerprint density at radius 3 is 2.06 bits per heavy atom. The second-order valence-electron chi connectivity index (χ2n) is 3.76. The van der Waals surface area contributed by atoms with Crippen LogP contribution in [0.4, 0.5) is 0 Å². The van der Waals surface area contributed by atoms with Gasteiger partial charge in [0.15, 0.2) is 0 Å². The summed E-state index contributed by atoms with van der Waals surface area (Å²) >= 11 is 0. The number of nitrogens with zero attached hydrogens (tertiary/aromatic N) is 1. The van der Waals surface area contributed by atoms with Crippen LogP contribution in [0, 0.1) is 0 Å². The number of ether oxygens (including phenoxy) is 2. The number of hydrogen-bond acceptors (Lipinski definition) is 5. The number of carbonyl (C=O) groups is 2. The van der Waals surface area contributed by atoms with Crippen LogP contribution < -0.4 is 0 Å². The van der Waals surface area contributed by atoms with Gasteiger partial charge in [-0.25, -0.2) is 9.59 Å². The average molecular weight is 257 g/mol.